The van der Waals surface area contributed by atoms with Crippen molar-refractivity contribution in [3.8, 4) is 11.5 Å². The van der Waals surface area contributed by atoms with Gasteiger partial charge in [0.15, 0.2) is 17.3 Å². The molecule has 3 aromatic heterocycles. The molecule has 1 atom stereocenters. The van der Waals surface area contributed by atoms with E-state index >= 15 is 0 Å². The van der Waals surface area contributed by atoms with Crippen LogP contribution in [0, 0.1) is 17.8 Å². The minimum atomic E-state index is -1.14. The number of carboxylic acid groups (broad SMARTS) is 1. The summed E-state index contributed by atoms with van der Waals surface area (Å²) in [6.45, 7) is 6.95. The summed E-state index contributed by atoms with van der Waals surface area (Å²) < 4.78 is 2.22. The Balaban J connectivity index is 1.46. The second kappa shape index (κ2) is 9.88. The number of nitrogens with zero attached hydrogens (tertiary/aromatic N) is 5. The molecular formula is C29H36N6O2. The SMILES string of the molecule is C=CC1CCC(Cn2c(-c3cc(C4CC4)ccn3)nc3nc(C(=O)O)nc(N[C@H](C)C4CCC4)c32)CC1. The van der Waals surface area contributed by atoms with Crippen molar-refractivity contribution in [3.05, 3.63) is 42.4 Å². The first-order valence-electron chi connectivity index (χ1n) is 13.9. The summed E-state index contributed by atoms with van der Waals surface area (Å²) in [5.41, 5.74) is 3.32. The zero-order valence-corrected chi connectivity index (χ0v) is 21.6. The number of imidazole rings is 1. The van der Waals surface area contributed by atoms with E-state index in [2.05, 4.69) is 51.6 Å². The number of fused-ring (bicyclic) bond motifs is 1. The molecule has 3 aliphatic carbocycles. The van der Waals surface area contributed by atoms with Gasteiger partial charge in [0, 0.05) is 18.8 Å². The lowest BCUT2D eigenvalue weighted by Gasteiger charge is -2.32. The molecule has 0 saturated heterocycles. The summed E-state index contributed by atoms with van der Waals surface area (Å²) in [7, 11) is 0. The van der Waals surface area contributed by atoms with E-state index in [9.17, 15) is 9.90 Å². The molecule has 194 valence electrons. The van der Waals surface area contributed by atoms with Gasteiger partial charge in [0.2, 0.25) is 5.82 Å². The number of hydrogen-bond acceptors (Lipinski definition) is 6. The lowest BCUT2D eigenvalue weighted by atomic mass is 9.80. The lowest BCUT2D eigenvalue weighted by Crippen LogP contribution is -2.31. The molecule has 3 saturated carbocycles. The Labute approximate surface area is 217 Å². The molecule has 0 amide bonds. The molecule has 0 unspecified atom stereocenters. The van der Waals surface area contributed by atoms with E-state index < -0.39 is 5.97 Å². The van der Waals surface area contributed by atoms with Crippen LogP contribution in [0.1, 0.15) is 86.8 Å². The van der Waals surface area contributed by atoms with Crippen LogP contribution in [-0.2, 0) is 6.54 Å². The Morgan fingerprint density at radius 1 is 1.16 bits per heavy atom. The molecular weight excluding hydrogens is 464 g/mol. The van der Waals surface area contributed by atoms with Crippen LogP contribution in [0.4, 0.5) is 5.82 Å². The highest BCUT2D eigenvalue weighted by Crippen LogP contribution is 2.41. The Morgan fingerprint density at radius 3 is 2.59 bits per heavy atom. The maximum Gasteiger partial charge on any atom is 0.374 e. The van der Waals surface area contributed by atoms with Gasteiger partial charge < -0.3 is 15.0 Å². The summed E-state index contributed by atoms with van der Waals surface area (Å²) >= 11 is 0. The molecule has 6 rings (SSSR count). The van der Waals surface area contributed by atoms with Crippen molar-refractivity contribution in [3.63, 3.8) is 0 Å². The second-order valence-electron chi connectivity index (χ2n) is 11.3. The topological polar surface area (TPSA) is 106 Å². The number of nitrogens with one attached hydrogen (secondary N) is 1. The van der Waals surface area contributed by atoms with Crippen molar-refractivity contribution >= 4 is 23.0 Å². The summed E-state index contributed by atoms with van der Waals surface area (Å²) in [5, 5.41) is 13.3. The molecule has 2 N–H and O–H groups in total. The molecule has 8 nitrogen and oxygen atoms in total. The molecule has 37 heavy (non-hydrogen) atoms. The van der Waals surface area contributed by atoms with Gasteiger partial charge in [0.25, 0.3) is 0 Å². The number of allylic oxidation sites excluding steroid dienone is 1. The molecule has 3 heterocycles. The van der Waals surface area contributed by atoms with E-state index in [0.29, 0.717) is 35.1 Å². The minimum absolute atomic E-state index is 0.194. The van der Waals surface area contributed by atoms with E-state index in [0.717, 1.165) is 49.3 Å². The first kappa shape index (κ1) is 24.1. The van der Waals surface area contributed by atoms with Crippen molar-refractivity contribution in [1.82, 2.24) is 24.5 Å². The number of hydrogen-bond donors (Lipinski definition) is 2. The van der Waals surface area contributed by atoms with E-state index in [1.54, 1.807) is 0 Å². The largest absolute Gasteiger partial charge is 0.475 e. The van der Waals surface area contributed by atoms with Crippen molar-refractivity contribution in [2.24, 2.45) is 17.8 Å². The van der Waals surface area contributed by atoms with Crippen LogP contribution in [0.15, 0.2) is 31.0 Å². The molecule has 3 fully saturated rings. The van der Waals surface area contributed by atoms with Crippen molar-refractivity contribution in [1.29, 1.82) is 0 Å². The zero-order chi connectivity index (χ0) is 25.5. The highest BCUT2D eigenvalue weighted by atomic mass is 16.4. The number of aromatic nitrogens is 5. The Kier molecular flexibility index (Phi) is 6.42. The van der Waals surface area contributed by atoms with Gasteiger partial charge in [0.1, 0.15) is 11.2 Å². The summed E-state index contributed by atoms with van der Waals surface area (Å²) in [6.07, 6.45) is 14.5. The van der Waals surface area contributed by atoms with Crippen molar-refractivity contribution in [2.75, 3.05) is 5.32 Å². The predicted molar refractivity (Wildman–Crippen MR) is 144 cm³/mol. The van der Waals surface area contributed by atoms with Gasteiger partial charge in [-0.05, 0) is 99.7 Å². The van der Waals surface area contributed by atoms with E-state index in [4.69, 9.17) is 9.97 Å². The van der Waals surface area contributed by atoms with Gasteiger partial charge in [-0.1, -0.05) is 12.5 Å². The number of carboxylic acids is 1. The highest BCUT2D eigenvalue weighted by molar-refractivity contribution is 5.92. The lowest BCUT2D eigenvalue weighted by molar-refractivity contribution is 0.0684. The summed E-state index contributed by atoms with van der Waals surface area (Å²) in [6, 6.07) is 4.44. The number of aromatic carboxylic acids is 1. The van der Waals surface area contributed by atoms with Gasteiger partial charge in [-0.3, -0.25) is 4.98 Å². The zero-order valence-electron chi connectivity index (χ0n) is 21.6. The number of rotatable bonds is 9. The van der Waals surface area contributed by atoms with Gasteiger partial charge in [0.05, 0.1) is 0 Å². The standard InChI is InChI=1S/C29H36N6O2/c1-3-18-7-9-19(10-8-18)16-35-24-25(31-17(2)20-5-4-6-20)32-27(29(36)37)33-26(24)34-28(35)23-15-22(13-14-30-23)21-11-12-21/h3,13-15,17-21H,1,4-12,16H2,2H3,(H,36,37)(H,31,32,33)/t17-,18?,19?/m1/s1. The average molecular weight is 501 g/mol. The first-order chi connectivity index (χ1) is 18.0. The minimum Gasteiger partial charge on any atom is -0.475 e. The average Bonchev–Trinajstić information content (AvgIpc) is 3.65. The molecule has 0 radical (unpaired) electrons. The van der Waals surface area contributed by atoms with Crippen molar-refractivity contribution in [2.45, 2.75) is 83.2 Å². The van der Waals surface area contributed by atoms with Crippen LogP contribution < -0.4 is 5.32 Å². The third-order valence-electron chi connectivity index (χ3n) is 8.74. The van der Waals surface area contributed by atoms with E-state index in [1.807, 2.05) is 6.20 Å². The number of anilines is 1. The van der Waals surface area contributed by atoms with Gasteiger partial charge in [-0.15, -0.1) is 6.58 Å². The van der Waals surface area contributed by atoms with Crippen LogP contribution >= 0.6 is 0 Å². The molecule has 0 aliphatic heterocycles. The second-order valence-corrected chi connectivity index (χ2v) is 11.3. The van der Waals surface area contributed by atoms with Crippen LogP contribution in [0.25, 0.3) is 22.7 Å². The molecule has 0 bridgehead atoms. The van der Waals surface area contributed by atoms with E-state index in [-0.39, 0.29) is 11.9 Å². The third kappa shape index (κ3) is 4.86. The molecule has 0 aromatic carbocycles. The first-order valence-corrected chi connectivity index (χ1v) is 13.9. The number of carbonyl (C=O) groups is 1. The van der Waals surface area contributed by atoms with Gasteiger partial charge in [-0.2, -0.15) is 0 Å². The van der Waals surface area contributed by atoms with E-state index in [1.165, 1.54) is 37.7 Å². The highest BCUT2D eigenvalue weighted by Gasteiger charge is 2.30. The summed E-state index contributed by atoms with van der Waals surface area (Å²) in [4.78, 5) is 30.5. The predicted octanol–water partition coefficient (Wildman–Crippen LogP) is 6.06. The van der Waals surface area contributed by atoms with Gasteiger partial charge >= 0.3 is 5.97 Å². The molecule has 0 spiro atoms. The monoisotopic (exact) mass is 500 g/mol. The third-order valence-corrected chi connectivity index (χ3v) is 8.74. The number of pyridine rings is 1. The smallest absolute Gasteiger partial charge is 0.374 e. The fourth-order valence-electron chi connectivity index (χ4n) is 5.98. The Morgan fingerprint density at radius 2 is 1.95 bits per heavy atom. The normalized spacial score (nSPS) is 22.9. The Hall–Kier alpha value is -3.29. The fourth-order valence-corrected chi connectivity index (χ4v) is 5.98. The van der Waals surface area contributed by atoms with Gasteiger partial charge in [-0.25, -0.2) is 19.7 Å². The molecule has 8 heteroatoms. The maximum atomic E-state index is 11.9. The van der Waals surface area contributed by atoms with Crippen LogP contribution in [-0.4, -0.2) is 41.6 Å². The quantitative estimate of drug-likeness (QED) is 0.344. The van der Waals surface area contributed by atoms with Crippen molar-refractivity contribution < 1.29 is 9.90 Å². The fraction of sp³-hybridized carbons (Fsp3) is 0.552. The summed E-state index contributed by atoms with van der Waals surface area (Å²) in [5.74, 6) is 2.21. The molecule has 3 aromatic rings. The Bertz CT molecular complexity index is 1320. The maximum absolute atomic E-state index is 11.9. The van der Waals surface area contributed by atoms with Crippen LogP contribution in [0.3, 0.4) is 0 Å². The van der Waals surface area contributed by atoms with Crippen LogP contribution in [0.2, 0.25) is 0 Å². The molecule has 3 aliphatic rings. The van der Waals surface area contributed by atoms with Crippen LogP contribution in [0.5, 0.6) is 0 Å².